The molecule has 0 heterocycles. The summed E-state index contributed by atoms with van der Waals surface area (Å²) in [7, 11) is 1.98. The molecular formula is C12H26N2O2. The molecule has 0 radical (unpaired) electrons. The van der Waals surface area contributed by atoms with Gasteiger partial charge < -0.3 is 15.4 Å². The summed E-state index contributed by atoms with van der Waals surface area (Å²) in [6.07, 6.45) is 2.72. The van der Waals surface area contributed by atoms with Crippen molar-refractivity contribution in [3.05, 3.63) is 0 Å². The van der Waals surface area contributed by atoms with Crippen LogP contribution in [0.15, 0.2) is 0 Å². The molecule has 2 unspecified atom stereocenters. The SMILES string of the molecule is CCOC(=O)CCNC(C)CCC(C)NC. The van der Waals surface area contributed by atoms with E-state index in [-0.39, 0.29) is 5.97 Å². The van der Waals surface area contributed by atoms with Gasteiger partial charge in [-0.2, -0.15) is 0 Å². The van der Waals surface area contributed by atoms with Crippen molar-refractivity contribution < 1.29 is 9.53 Å². The second-order valence-electron chi connectivity index (χ2n) is 4.18. The molecule has 0 aromatic heterocycles. The Hall–Kier alpha value is -0.610. The zero-order chi connectivity index (χ0) is 12.4. The summed E-state index contributed by atoms with van der Waals surface area (Å²) in [5.74, 6) is -0.120. The standard InChI is InChI=1S/C12H26N2O2/c1-5-16-12(15)8-9-14-11(3)7-6-10(2)13-4/h10-11,13-14H,5-9H2,1-4H3. The van der Waals surface area contributed by atoms with Crippen LogP contribution in [0.4, 0.5) is 0 Å². The van der Waals surface area contributed by atoms with Crippen LogP contribution in [0.2, 0.25) is 0 Å². The second kappa shape index (κ2) is 9.60. The summed E-state index contributed by atoms with van der Waals surface area (Å²) in [5.41, 5.74) is 0. The van der Waals surface area contributed by atoms with Crippen LogP contribution in [-0.2, 0) is 9.53 Å². The van der Waals surface area contributed by atoms with Crippen molar-refractivity contribution in [3.63, 3.8) is 0 Å². The first-order valence-electron chi connectivity index (χ1n) is 6.16. The van der Waals surface area contributed by atoms with Crippen molar-refractivity contribution in [2.75, 3.05) is 20.2 Å². The fourth-order valence-electron chi connectivity index (χ4n) is 1.40. The average Bonchev–Trinajstić information content (AvgIpc) is 2.26. The number of rotatable bonds is 9. The van der Waals surface area contributed by atoms with Crippen LogP contribution < -0.4 is 10.6 Å². The Balaban J connectivity index is 3.43. The molecule has 0 aliphatic carbocycles. The van der Waals surface area contributed by atoms with Crippen molar-refractivity contribution in [2.24, 2.45) is 0 Å². The fraction of sp³-hybridized carbons (Fsp3) is 0.917. The van der Waals surface area contributed by atoms with Crippen LogP contribution in [0, 0.1) is 0 Å². The van der Waals surface area contributed by atoms with Gasteiger partial charge in [0.25, 0.3) is 0 Å². The summed E-state index contributed by atoms with van der Waals surface area (Å²) < 4.78 is 4.85. The molecule has 0 spiro atoms. The van der Waals surface area contributed by atoms with Gasteiger partial charge >= 0.3 is 5.97 Å². The lowest BCUT2D eigenvalue weighted by Crippen LogP contribution is -2.31. The van der Waals surface area contributed by atoms with Gasteiger partial charge in [0.15, 0.2) is 0 Å². The molecule has 96 valence electrons. The average molecular weight is 230 g/mol. The first-order chi connectivity index (χ1) is 7.60. The molecule has 0 fully saturated rings. The first kappa shape index (κ1) is 15.4. The molecule has 4 heteroatoms. The minimum Gasteiger partial charge on any atom is -0.466 e. The molecule has 0 aliphatic rings. The van der Waals surface area contributed by atoms with E-state index in [0.717, 1.165) is 12.8 Å². The molecular weight excluding hydrogens is 204 g/mol. The van der Waals surface area contributed by atoms with Crippen molar-refractivity contribution in [2.45, 2.75) is 52.1 Å². The third kappa shape index (κ3) is 8.68. The molecule has 0 saturated heterocycles. The lowest BCUT2D eigenvalue weighted by molar-refractivity contribution is -0.142. The lowest BCUT2D eigenvalue weighted by Gasteiger charge is -2.16. The molecule has 0 aromatic rings. The molecule has 0 saturated carbocycles. The maximum absolute atomic E-state index is 11.1. The second-order valence-corrected chi connectivity index (χ2v) is 4.18. The fourth-order valence-corrected chi connectivity index (χ4v) is 1.40. The molecule has 0 aromatic carbocycles. The quantitative estimate of drug-likeness (QED) is 0.586. The van der Waals surface area contributed by atoms with Gasteiger partial charge in [-0.25, -0.2) is 0 Å². The van der Waals surface area contributed by atoms with E-state index < -0.39 is 0 Å². The Morgan fingerprint density at radius 2 is 1.88 bits per heavy atom. The number of ether oxygens (including phenoxy) is 1. The van der Waals surface area contributed by atoms with Gasteiger partial charge in [-0.1, -0.05) is 0 Å². The van der Waals surface area contributed by atoms with Crippen molar-refractivity contribution in [3.8, 4) is 0 Å². The summed E-state index contributed by atoms with van der Waals surface area (Å²) in [5, 5.41) is 6.53. The Bertz CT molecular complexity index is 186. The van der Waals surface area contributed by atoms with Crippen LogP contribution in [0.5, 0.6) is 0 Å². The van der Waals surface area contributed by atoms with Crippen LogP contribution in [0.1, 0.15) is 40.0 Å². The van der Waals surface area contributed by atoms with Gasteiger partial charge in [0, 0.05) is 18.6 Å². The van der Waals surface area contributed by atoms with Crippen LogP contribution >= 0.6 is 0 Å². The Kier molecular flexibility index (Phi) is 9.24. The Labute approximate surface area is 99.1 Å². The van der Waals surface area contributed by atoms with Crippen LogP contribution in [0.25, 0.3) is 0 Å². The summed E-state index contributed by atoms with van der Waals surface area (Å²) in [6.45, 7) is 7.31. The Morgan fingerprint density at radius 3 is 2.44 bits per heavy atom. The van der Waals surface area contributed by atoms with E-state index in [9.17, 15) is 4.79 Å². The van der Waals surface area contributed by atoms with Gasteiger partial charge in [-0.05, 0) is 40.7 Å². The van der Waals surface area contributed by atoms with E-state index >= 15 is 0 Å². The highest BCUT2D eigenvalue weighted by atomic mass is 16.5. The molecule has 2 atom stereocenters. The van der Waals surface area contributed by atoms with E-state index in [1.807, 2.05) is 14.0 Å². The van der Waals surface area contributed by atoms with E-state index in [1.165, 1.54) is 0 Å². The molecule has 2 N–H and O–H groups in total. The van der Waals surface area contributed by atoms with Crippen LogP contribution in [0.3, 0.4) is 0 Å². The smallest absolute Gasteiger partial charge is 0.307 e. The number of nitrogens with one attached hydrogen (secondary N) is 2. The summed E-state index contributed by atoms with van der Waals surface area (Å²) in [6, 6.07) is 1.000. The van der Waals surface area contributed by atoms with E-state index in [2.05, 4.69) is 24.5 Å². The van der Waals surface area contributed by atoms with Gasteiger partial charge in [0.05, 0.1) is 13.0 Å². The van der Waals surface area contributed by atoms with Gasteiger partial charge in [0.1, 0.15) is 0 Å². The van der Waals surface area contributed by atoms with Gasteiger partial charge in [-0.3, -0.25) is 4.79 Å². The number of hydrogen-bond acceptors (Lipinski definition) is 4. The molecule has 16 heavy (non-hydrogen) atoms. The van der Waals surface area contributed by atoms with Crippen LogP contribution in [-0.4, -0.2) is 38.3 Å². The highest BCUT2D eigenvalue weighted by molar-refractivity contribution is 5.69. The maximum atomic E-state index is 11.1. The predicted molar refractivity (Wildman–Crippen MR) is 66.5 cm³/mol. The summed E-state index contributed by atoms with van der Waals surface area (Å²) in [4.78, 5) is 11.1. The van der Waals surface area contributed by atoms with Gasteiger partial charge in [-0.15, -0.1) is 0 Å². The minimum absolute atomic E-state index is 0.120. The highest BCUT2D eigenvalue weighted by Crippen LogP contribution is 2.00. The minimum atomic E-state index is -0.120. The number of hydrogen-bond donors (Lipinski definition) is 2. The van der Waals surface area contributed by atoms with E-state index in [4.69, 9.17) is 4.74 Å². The molecule has 4 nitrogen and oxygen atoms in total. The zero-order valence-electron chi connectivity index (χ0n) is 11.0. The largest absolute Gasteiger partial charge is 0.466 e. The van der Waals surface area contributed by atoms with Crippen molar-refractivity contribution >= 4 is 5.97 Å². The first-order valence-corrected chi connectivity index (χ1v) is 6.16. The summed E-state index contributed by atoms with van der Waals surface area (Å²) >= 11 is 0. The van der Waals surface area contributed by atoms with Crippen molar-refractivity contribution in [1.82, 2.24) is 10.6 Å². The predicted octanol–water partition coefficient (Wildman–Crippen LogP) is 1.31. The molecule has 0 amide bonds. The van der Waals surface area contributed by atoms with Crippen molar-refractivity contribution in [1.29, 1.82) is 0 Å². The highest BCUT2D eigenvalue weighted by Gasteiger charge is 2.06. The number of carbonyl (C=O) groups excluding carboxylic acids is 1. The normalized spacial score (nSPS) is 14.5. The number of carbonyl (C=O) groups is 1. The third-order valence-electron chi connectivity index (χ3n) is 2.65. The lowest BCUT2D eigenvalue weighted by atomic mass is 10.1. The number of esters is 1. The molecule has 0 rings (SSSR count). The van der Waals surface area contributed by atoms with E-state index in [1.54, 1.807) is 0 Å². The molecule has 0 aliphatic heterocycles. The molecule has 0 bridgehead atoms. The van der Waals surface area contributed by atoms with E-state index in [0.29, 0.717) is 31.7 Å². The third-order valence-corrected chi connectivity index (χ3v) is 2.65. The zero-order valence-corrected chi connectivity index (χ0v) is 11.0. The Morgan fingerprint density at radius 1 is 1.25 bits per heavy atom. The maximum Gasteiger partial charge on any atom is 0.307 e. The monoisotopic (exact) mass is 230 g/mol. The van der Waals surface area contributed by atoms with Gasteiger partial charge in [0.2, 0.25) is 0 Å². The topological polar surface area (TPSA) is 50.4 Å².